The molecule has 0 radical (unpaired) electrons. The van der Waals surface area contributed by atoms with E-state index in [9.17, 15) is 13.2 Å². The van der Waals surface area contributed by atoms with E-state index in [0.29, 0.717) is 25.0 Å². The maximum Gasteiger partial charge on any atom is 0.322 e. The first-order valence-corrected chi connectivity index (χ1v) is 15.5. The number of rotatable bonds is 6. The summed E-state index contributed by atoms with van der Waals surface area (Å²) in [5.41, 5.74) is 6.89. The Morgan fingerprint density at radius 2 is 1.93 bits per heavy atom. The fraction of sp³-hybridized carbons (Fsp3) is 0.357. The largest absolute Gasteiger partial charge is 0.339 e. The molecule has 0 unspecified atom stereocenters. The van der Waals surface area contributed by atoms with Gasteiger partial charge < -0.3 is 10.3 Å². The highest BCUT2D eigenvalue weighted by atomic mass is 32.2. The first kappa shape index (κ1) is 25.7. The molecule has 7 rings (SSSR count). The van der Waals surface area contributed by atoms with Crippen LogP contribution in [-0.4, -0.2) is 62.3 Å². The van der Waals surface area contributed by atoms with Crippen molar-refractivity contribution < 1.29 is 13.2 Å². The number of hydrogen-bond donors (Lipinski definition) is 3. The summed E-state index contributed by atoms with van der Waals surface area (Å²) in [6.45, 7) is 4.53. The van der Waals surface area contributed by atoms with Crippen LogP contribution < -0.4 is 14.9 Å². The molecule has 4 aromatic heterocycles. The van der Waals surface area contributed by atoms with Crippen molar-refractivity contribution in [1.29, 1.82) is 0 Å². The van der Waals surface area contributed by atoms with Crippen molar-refractivity contribution in [3.63, 3.8) is 0 Å². The van der Waals surface area contributed by atoms with Crippen molar-refractivity contribution in [2.24, 2.45) is 7.05 Å². The minimum Gasteiger partial charge on any atom is -0.339 e. The highest BCUT2D eigenvalue weighted by molar-refractivity contribution is 7.88. The number of amides is 2. The predicted molar refractivity (Wildman–Crippen MR) is 157 cm³/mol. The summed E-state index contributed by atoms with van der Waals surface area (Å²) in [7, 11) is -1.57. The second-order valence-electron chi connectivity index (χ2n) is 11.3. The van der Waals surface area contributed by atoms with Crippen molar-refractivity contribution in [2.75, 3.05) is 11.2 Å². The van der Waals surface area contributed by atoms with Crippen LogP contribution in [0.2, 0.25) is 0 Å². The van der Waals surface area contributed by atoms with Crippen LogP contribution in [0.5, 0.6) is 0 Å². The van der Waals surface area contributed by atoms with Crippen LogP contribution in [0, 0.1) is 0 Å². The number of urea groups is 1. The smallest absolute Gasteiger partial charge is 0.322 e. The summed E-state index contributed by atoms with van der Waals surface area (Å²) in [5, 5.41) is 13.8. The summed E-state index contributed by atoms with van der Waals surface area (Å²) in [5.74, 6) is 0. The fourth-order valence-corrected chi connectivity index (χ4v) is 6.96. The number of fused-ring (bicyclic) bond motifs is 4. The maximum absolute atomic E-state index is 13.5. The molecule has 1 aliphatic heterocycles. The number of carbonyl (C=O) groups is 1. The Labute approximate surface area is 236 Å². The molecule has 13 heteroatoms. The Kier molecular flexibility index (Phi) is 5.74. The minimum atomic E-state index is -3.44. The lowest BCUT2D eigenvalue weighted by atomic mass is 9.84. The number of nitrogens with zero attached hydrogens (tertiary/aromatic N) is 6. The van der Waals surface area contributed by atoms with Gasteiger partial charge in [0.25, 0.3) is 0 Å². The van der Waals surface area contributed by atoms with Gasteiger partial charge in [-0.15, -0.1) is 0 Å². The zero-order chi connectivity index (χ0) is 28.6. The van der Waals surface area contributed by atoms with Gasteiger partial charge in [-0.25, -0.2) is 22.9 Å². The SMILES string of the molecule is CC(C)n1ncc2cc(-c3c(-c4cnn(C)c4)[nH]c4ncc5c(c34)N([C@@H]3CC[C@H]3NS(C)(=O)=O)C(=O)NC5)ccc21. The third kappa shape index (κ3) is 4.18. The number of hydrogen-bond acceptors (Lipinski definition) is 6. The van der Waals surface area contributed by atoms with E-state index in [1.165, 1.54) is 0 Å². The van der Waals surface area contributed by atoms with Crippen LogP contribution in [0.4, 0.5) is 10.5 Å². The quantitative estimate of drug-likeness (QED) is 0.283. The number of benzene rings is 1. The summed E-state index contributed by atoms with van der Waals surface area (Å²) in [6, 6.07) is 5.54. The summed E-state index contributed by atoms with van der Waals surface area (Å²) < 4.78 is 30.7. The van der Waals surface area contributed by atoms with E-state index in [4.69, 9.17) is 4.98 Å². The highest BCUT2D eigenvalue weighted by Gasteiger charge is 2.43. The van der Waals surface area contributed by atoms with Crippen LogP contribution in [0.3, 0.4) is 0 Å². The number of carbonyl (C=O) groups excluding carboxylic acids is 1. The number of aromatic amines is 1. The summed E-state index contributed by atoms with van der Waals surface area (Å²) in [6.07, 6.45) is 9.89. The van der Waals surface area contributed by atoms with Crippen LogP contribution in [-0.2, 0) is 23.6 Å². The van der Waals surface area contributed by atoms with Gasteiger partial charge in [0.15, 0.2) is 0 Å². The maximum atomic E-state index is 13.5. The lowest BCUT2D eigenvalue weighted by Gasteiger charge is -2.46. The molecule has 0 spiro atoms. The van der Waals surface area contributed by atoms with E-state index in [0.717, 1.165) is 56.2 Å². The molecule has 2 amide bonds. The van der Waals surface area contributed by atoms with Gasteiger partial charge >= 0.3 is 6.03 Å². The lowest BCUT2D eigenvalue weighted by molar-refractivity contribution is 0.229. The molecule has 0 bridgehead atoms. The Balaban J connectivity index is 1.49. The Morgan fingerprint density at radius 3 is 2.61 bits per heavy atom. The van der Waals surface area contributed by atoms with Gasteiger partial charge in [-0.05, 0) is 44.4 Å². The number of sulfonamides is 1. The zero-order valence-electron chi connectivity index (χ0n) is 23.2. The van der Waals surface area contributed by atoms with E-state index < -0.39 is 10.0 Å². The lowest BCUT2D eigenvalue weighted by Crippen LogP contribution is -2.62. The Hall–Kier alpha value is -4.23. The van der Waals surface area contributed by atoms with Gasteiger partial charge in [-0.1, -0.05) is 6.07 Å². The zero-order valence-corrected chi connectivity index (χ0v) is 24.0. The molecule has 2 aliphatic rings. The molecule has 5 aromatic rings. The van der Waals surface area contributed by atoms with Crippen molar-refractivity contribution in [3.05, 3.63) is 48.5 Å². The standard InChI is InChI=1S/C28H31N9O3S/c1-15(2)37-21-7-5-16(9-17(21)12-32-37)23-24-26-18(10-29-27(24)33-25(23)19-13-31-35(3)14-19)11-30-28(38)36(26)22-8-6-20(22)34-41(4,39)40/h5,7,9-10,12-15,20,22,34H,6,8,11H2,1-4H3,(H,29,33)(H,30,38)/t20-,22-/m1/s1. The number of aromatic nitrogens is 6. The first-order chi connectivity index (χ1) is 19.6. The van der Waals surface area contributed by atoms with Crippen LogP contribution >= 0.6 is 0 Å². The Bertz CT molecular complexity index is 1950. The molecule has 0 saturated heterocycles. The molecule has 1 saturated carbocycles. The van der Waals surface area contributed by atoms with Gasteiger partial charge in [0.05, 0.1) is 47.0 Å². The van der Waals surface area contributed by atoms with Gasteiger partial charge in [0.1, 0.15) is 5.65 Å². The minimum absolute atomic E-state index is 0.219. The third-order valence-electron chi connectivity index (χ3n) is 8.06. The molecule has 5 heterocycles. The molecule has 1 aromatic carbocycles. The predicted octanol–water partition coefficient (Wildman–Crippen LogP) is 3.67. The number of pyridine rings is 1. The van der Waals surface area contributed by atoms with Gasteiger partial charge in [0.2, 0.25) is 10.0 Å². The number of H-pyrrole nitrogens is 1. The topological polar surface area (TPSA) is 143 Å². The number of anilines is 1. The molecule has 12 nitrogen and oxygen atoms in total. The van der Waals surface area contributed by atoms with E-state index >= 15 is 0 Å². The molecule has 41 heavy (non-hydrogen) atoms. The number of aryl methyl sites for hydroxylation is 1. The average molecular weight is 574 g/mol. The highest BCUT2D eigenvalue weighted by Crippen LogP contribution is 2.46. The first-order valence-electron chi connectivity index (χ1n) is 13.6. The molecule has 1 aliphatic carbocycles. The molecule has 2 atom stereocenters. The van der Waals surface area contributed by atoms with Crippen LogP contribution in [0.25, 0.3) is 44.3 Å². The van der Waals surface area contributed by atoms with Gasteiger partial charge in [0, 0.05) is 60.1 Å². The van der Waals surface area contributed by atoms with Crippen LogP contribution in [0.15, 0.2) is 43.0 Å². The van der Waals surface area contributed by atoms with E-state index in [1.54, 1.807) is 22.0 Å². The number of nitrogens with one attached hydrogen (secondary N) is 3. The third-order valence-corrected chi connectivity index (χ3v) is 8.79. The monoisotopic (exact) mass is 573 g/mol. The Morgan fingerprint density at radius 1 is 1.10 bits per heavy atom. The summed E-state index contributed by atoms with van der Waals surface area (Å²) >= 11 is 0. The molecule has 3 N–H and O–H groups in total. The van der Waals surface area contributed by atoms with Gasteiger partial charge in [-0.3, -0.25) is 14.3 Å². The molecule has 1 fully saturated rings. The normalized spacial score (nSPS) is 19.1. The van der Waals surface area contributed by atoms with Crippen LogP contribution in [0.1, 0.15) is 38.3 Å². The summed E-state index contributed by atoms with van der Waals surface area (Å²) in [4.78, 5) is 23.5. The average Bonchev–Trinajstić information content (AvgIpc) is 3.63. The van der Waals surface area contributed by atoms with E-state index in [2.05, 4.69) is 57.3 Å². The molecule has 212 valence electrons. The second-order valence-corrected chi connectivity index (χ2v) is 13.0. The van der Waals surface area contributed by atoms with Crippen molar-refractivity contribution in [3.8, 4) is 22.4 Å². The van der Waals surface area contributed by atoms with Crippen molar-refractivity contribution >= 4 is 43.7 Å². The molecular weight excluding hydrogens is 542 g/mol. The van der Waals surface area contributed by atoms with E-state index in [-0.39, 0.29) is 24.2 Å². The fourth-order valence-electron chi connectivity index (χ4n) is 6.14. The second kappa shape index (κ2) is 9.14. The van der Waals surface area contributed by atoms with Crippen molar-refractivity contribution in [1.82, 2.24) is 39.6 Å². The van der Waals surface area contributed by atoms with E-state index in [1.807, 2.05) is 24.1 Å². The molecular formula is C28H31N9O3S. The van der Waals surface area contributed by atoms with Crippen molar-refractivity contribution in [2.45, 2.75) is 51.4 Å². The van der Waals surface area contributed by atoms with Gasteiger partial charge in [-0.2, -0.15) is 10.2 Å².